The normalized spacial score (nSPS) is 12.1. The Hall–Kier alpha value is -3.66. The minimum Gasteiger partial charge on any atom is -0.435 e. The van der Waals surface area contributed by atoms with Crippen LogP contribution in [0.25, 0.3) is 22.2 Å². The highest BCUT2D eigenvalue weighted by atomic mass is 32.2. The van der Waals surface area contributed by atoms with Crippen LogP contribution in [0, 0.1) is 0 Å². The van der Waals surface area contributed by atoms with Gasteiger partial charge >= 0.3 is 6.61 Å². The zero-order valence-electron chi connectivity index (χ0n) is 17.6. The number of halogens is 2. The number of hydrogen-bond acceptors (Lipinski definition) is 6. The molecule has 1 unspecified atom stereocenters. The first-order valence-corrected chi connectivity index (χ1v) is 11.1. The van der Waals surface area contributed by atoms with Gasteiger partial charge in [0.2, 0.25) is 11.1 Å². The van der Waals surface area contributed by atoms with E-state index in [0.717, 1.165) is 28.1 Å². The van der Waals surface area contributed by atoms with Crippen molar-refractivity contribution in [2.75, 3.05) is 11.6 Å². The van der Waals surface area contributed by atoms with Crippen LogP contribution in [0.1, 0.15) is 18.5 Å². The van der Waals surface area contributed by atoms with Crippen LogP contribution in [0.15, 0.2) is 71.9 Å². The van der Waals surface area contributed by atoms with E-state index in [1.165, 1.54) is 16.8 Å². The number of carbonyl (C=O) groups excluding carboxylic acids is 1. The quantitative estimate of drug-likeness (QED) is 0.294. The first-order chi connectivity index (χ1) is 15.9. The van der Waals surface area contributed by atoms with Crippen molar-refractivity contribution in [1.82, 2.24) is 20.2 Å². The Morgan fingerprint density at radius 1 is 1.09 bits per heavy atom. The van der Waals surface area contributed by atoms with Crippen LogP contribution in [-0.4, -0.2) is 33.1 Å². The number of carbonyl (C=O) groups is 1. The number of nitrogens with zero attached hydrogens (tertiary/aromatic N) is 3. The predicted molar refractivity (Wildman–Crippen MR) is 123 cm³/mol. The van der Waals surface area contributed by atoms with Gasteiger partial charge in [0, 0.05) is 5.56 Å². The van der Waals surface area contributed by atoms with E-state index in [4.69, 9.17) is 5.84 Å². The summed E-state index contributed by atoms with van der Waals surface area (Å²) < 4.78 is 30.2. The Balaban J connectivity index is 1.38. The standard InChI is InChI=1S/C23H21F2N5O2S/c1-14(18-8-4-6-15-5-2-3-7-19(15)18)27-20(31)13-33-23-29-28-21(30(23)26)16-9-11-17(12-10-16)32-22(24)25/h2-12,14,22H,13,26H2,1H3,(H,27,31). The molecule has 170 valence electrons. The minimum atomic E-state index is -2.90. The highest BCUT2D eigenvalue weighted by Crippen LogP contribution is 2.26. The number of thioether (sulfide) groups is 1. The SMILES string of the molecule is CC(NC(=O)CSc1nnc(-c2ccc(OC(F)F)cc2)n1N)c1cccc2ccccc12. The molecular formula is C23H21F2N5O2S. The molecular weight excluding hydrogens is 448 g/mol. The Labute approximate surface area is 192 Å². The number of aromatic nitrogens is 3. The lowest BCUT2D eigenvalue weighted by atomic mass is 10.00. The predicted octanol–water partition coefficient (Wildman–Crippen LogP) is 4.38. The largest absolute Gasteiger partial charge is 0.435 e. The summed E-state index contributed by atoms with van der Waals surface area (Å²) in [7, 11) is 0. The smallest absolute Gasteiger partial charge is 0.387 e. The van der Waals surface area contributed by atoms with Gasteiger partial charge in [0.1, 0.15) is 5.75 Å². The second-order valence-electron chi connectivity index (χ2n) is 7.23. The van der Waals surface area contributed by atoms with Gasteiger partial charge in [-0.15, -0.1) is 10.2 Å². The van der Waals surface area contributed by atoms with E-state index in [2.05, 4.69) is 20.3 Å². The van der Waals surface area contributed by atoms with Crippen molar-refractivity contribution in [2.45, 2.75) is 24.7 Å². The van der Waals surface area contributed by atoms with E-state index in [9.17, 15) is 13.6 Å². The Kier molecular flexibility index (Phi) is 6.74. The maximum absolute atomic E-state index is 12.5. The molecule has 0 aliphatic carbocycles. The summed E-state index contributed by atoms with van der Waals surface area (Å²) in [6, 6.07) is 19.8. The minimum absolute atomic E-state index is 0.0309. The fourth-order valence-electron chi connectivity index (χ4n) is 3.48. The van der Waals surface area contributed by atoms with Crippen LogP contribution >= 0.6 is 11.8 Å². The van der Waals surface area contributed by atoms with E-state index in [1.807, 2.05) is 49.4 Å². The highest BCUT2D eigenvalue weighted by Gasteiger charge is 2.16. The number of nitrogens with one attached hydrogen (secondary N) is 1. The highest BCUT2D eigenvalue weighted by molar-refractivity contribution is 7.99. The molecule has 0 aliphatic heterocycles. The first-order valence-electron chi connectivity index (χ1n) is 10.1. The van der Waals surface area contributed by atoms with Gasteiger partial charge in [0.15, 0.2) is 5.82 Å². The number of alkyl halides is 2. The second kappa shape index (κ2) is 9.86. The molecule has 1 heterocycles. The van der Waals surface area contributed by atoms with Crippen LogP contribution in [0.4, 0.5) is 8.78 Å². The van der Waals surface area contributed by atoms with Crippen LogP contribution in [0.5, 0.6) is 5.75 Å². The van der Waals surface area contributed by atoms with Crippen molar-refractivity contribution in [3.63, 3.8) is 0 Å². The number of nitrogen functional groups attached to an aromatic ring is 1. The van der Waals surface area contributed by atoms with Crippen molar-refractivity contribution >= 4 is 28.4 Å². The molecule has 0 spiro atoms. The van der Waals surface area contributed by atoms with E-state index >= 15 is 0 Å². The fourth-order valence-corrected chi connectivity index (χ4v) is 4.14. The summed E-state index contributed by atoms with van der Waals surface area (Å²) >= 11 is 1.15. The van der Waals surface area contributed by atoms with Gasteiger partial charge in [-0.25, -0.2) is 4.68 Å². The summed E-state index contributed by atoms with van der Waals surface area (Å²) in [4.78, 5) is 12.5. The van der Waals surface area contributed by atoms with Crippen molar-refractivity contribution in [2.24, 2.45) is 0 Å². The molecule has 3 aromatic carbocycles. The molecule has 0 aliphatic rings. The van der Waals surface area contributed by atoms with Gasteiger partial charge in [0.25, 0.3) is 0 Å². The van der Waals surface area contributed by atoms with Crippen LogP contribution in [0.2, 0.25) is 0 Å². The Bertz CT molecular complexity index is 1260. The summed E-state index contributed by atoms with van der Waals surface area (Å²) in [5.74, 6) is 6.39. The summed E-state index contributed by atoms with van der Waals surface area (Å²) in [5.41, 5.74) is 1.61. The average molecular weight is 470 g/mol. The average Bonchev–Trinajstić information content (AvgIpc) is 3.17. The van der Waals surface area contributed by atoms with Gasteiger partial charge in [0.05, 0.1) is 11.8 Å². The van der Waals surface area contributed by atoms with E-state index in [0.29, 0.717) is 16.5 Å². The second-order valence-corrected chi connectivity index (χ2v) is 8.17. The van der Waals surface area contributed by atoms with Crippen LogP contribution in [-0.2, 0) is 4.79 Å². The maximum atomic E-state index is 12.5. The lowest BCUT2D eigenvalue weighted by molar-refractivity contribution is -0.119. The topological polar surface area (TPSA) is 95.1 Å². The molecule has 0 bridgehead atoms. The third-order valence-electron chi connectivity index (χ3n) is 5.00. The number of amides is 1. The molecule has 0 saturated carbocycles. The third kappa shape index (κ3) is 5.23. The van der Waals surface area contributed by atoms with Crippen molar-refractivity contribution in [3.05, 3.63) is 72.3 Å². The monoisotopic (exact) mass is 469 g/mol. The lowest BCUT2D eigenvalue weighted by Crippen LogP contribution is -2.28. The Morgan fingerprint density at radius 2 is 1.82 bits per heavy atom. The molecule has 4 rings (SSSR count). The molecule has 0 radical (unpaired) electrons. The van der Waals surface area contributed by atoms with Crippen LogP contribution in [0.3, 0.4) is 0 Å². The number of ether oxygens (including phenoxy) is 1. The van der Waals surface area contributed by atoms with Crippen molar-refractivity contribution in [3.8, 4) is 17.1 Å². The molecule has 4 aromatic rings. The summed E-state index contributed by atoms with van der Waals surface area (Å²) in [6.07, 6.45) is 0. The number of hydrogen-bond donors (Lipinski definition) is 2. The molecule has 0 saturated heterocycles. The summed E-state index contributed by atoms with van der Waals surface area (Å²) in [5, 5.41) is 13.6. The van der Waals surface area contributed by atoms with Gasteiger partial charge in [-0.3, -0.25) is 4.79 Å². The lowest BCUT2D eigenvalue weighted by Gasteiger charge is -2.16. The first kappa shape index (κ1) is 22.5. The van der Waals surface area contributed by atoms with Gasteiger partial charge in [-0.05, 0) is 47.5 Å². The van der Waals surface area contributed by atoms with Crippen molar-refractivity contribution < 1.29 is 18.3 Å². The van der Waals surface area contributed by atoms with Crippen LogP contribution < -0.4 is 15.9 Å². The molecule has 3 N–H and O–H groups in total. The van der Waals surface area contributed by atoms with E-state index < -0.39 is 6.61 Å². The number of nitrogens with two attached hydrogens (primary N) is 1. The summed E-state index contributed by atoms with van der Waals surface area (Å²) in [6.45, 7) is -0.957. The zero-order chi connectivity index (χ0) is 23.4. The third-order valence-corrected chi connectivity index (χ3v) is 5.95. The molecule has 0 fully saturated rings. The fraction of sp³-hybridized carbons (Fsp3) is 0.174. The maximum Gasteiger partial charge on any atom is 0.387 e. The molecule has 1 amide bonds. The number of rotatable bonds is 8. The van der Waals surface area contributed by atoms with Gasteiger partial charge < -0.3 is 15.9 Å². The van der Waals surface area contributed by atoms with Crippen molar-refractivity contribution in [1.29, 1.82) is 0 Å². The van der Waals surface area contributed by atoms with Gasteiger partial charge in [-0.2, -0.15) is 8.78 Å². The number of fused-ring (bicyclic) bond motifs is 1. The van der Waals surface area contributed by atoms with E-state index in [1.54, 1.807) is 12.1 Å². The molecule has 7 nitrogen and oxygen atoms in total. The Morgan fingerprint density at radius 3 is 2.58 bits per heavy atom. The zero-order valence-corrected chi connectivity index (χ0v) is 18.4. The number of benzene rings is 3. The molecule has 10 heteroatoms. The van der Waals surface area contributed by atoms with E-state index in [-0.39, 0.29) is 23.5 Å². The molecule has 1 aromatic heterocycles. The molecule has 1 atom stereocenters. The van der Waals surface area contributed by atoms with Gasteiger partial charge in [-0.1, -0.05) is 54.2 Å². The molecule has 33 heavy (non-hydrogen) atoms.